The lowest BCUT2D eigenvalue weighted by molar-refractivity contribution is 0.739. The molecule has 0 spiro atoms. The summed E-state index contributed by atoms with van der Waals surface area (Å²) in [6.07, 6.45) is 5.16. The van der Waals surface area contributed by atoms with Crippen LogP contribution >= 0.6 is 23.4 Å². The van der Waals surface area contributed by atoms with Crippen LogP contribution in [0.25, 0.3) is 5.78 Å². The maximum Gasteiger partial charge on any atom is 0.255 e. The zero-order chi connectivity index (χ0) is 14.1. The van der Waals surface area contributed by atoms with Crippen molar-refractivity contribution >= 4 is 35.0 Å². The van der Waals surface area contributed by atoms with Gasteiger partial charge in [0.1, 0.15) is 17.3 Å². The van der Waals surface area contributed by atoms with Gasteiger partial charge in [-0.15, -0.1) is 0 Å². The predicted octanol–water partition coefficient (Wildman–Crippen LogP) is 3.17. The van der Waals surface area contributed by atoms with Gasteiger partial charge in [0.15, 0.2) is 0 Å². The Hall–Kier alpha value is -1.01. The van der Waals surface area contributed by atoms with Gasteiger partial charge in [-0.3, -0.25) is 0 Å². The zero-order valence-electron chi connectivity index (χ0n) is 11.6. The van der Waals surface area contributed by atoms with E-state index in [1.54, 1.807) is 4.52 Å². The van der Waals surface area contributed by atoms with Gasteiger partial charge in [0, 0.05) is 16.9 Å². The van der Waals surface area contributed by atoms with Gasteiger partial charge in [0.2, 0.25) is 0 Å². The van der Waals surface area contributed by atoms with Crippen LogP contribution in [0.4, 0.5) is 5.82 Å². The van der Waals surface area contributed by atoms with Crippen LogP contribution in [0.2, 0.25) is 5.15 Å². The van der Waals surface area contributed by atoms with Crippen LogP contribution in [0.5, 0.6) is 0 Å². The second-order valence-electron chi connectivity index (χ2n) is 5.08. The molecule has 0 saturated heterocycles. The van der Waals surface area contributed by atoms with Gasteiger partial charge in [0.25, 0.3) is 5.78 Å². The van der Waals surface area contributed by atoms with Crippen molar-refractivity contribution < 1.29 is 0 Å². The molecule has 1 aliphatic carbocycles. The molecule has 1 aliphatic rings. The number of rotatable bonds is 4. The lowest BCUT2D eigenvalue weighted by atomic mass is 10.2. The molecule has 0 aliphatic heterocycles. The third-order valence-corrected chi connectivity index (χ3v) is 5.33. The molecule has 20 heavy (non-hydrogen) atoms. The second-order valence-corrected chi connectivity index (χ2v) is 7.02. The number of aromatic nitrogens is 4. The molecule has 1 fully saturated rings. The highest BCUT2D eigenvalue weighted by molar-refractivity contribution is 7.99. The fraction of sp³-hybridized carbons (Fsp3) is 0.615. The molecule has 1 N–H and O–H groups in total. The molecule has 0 radical (unpaired) electrons. The highest BCUT2D eigenvalue weighted by atomic mass is 35.5. The highest BCUT2D eigenvalue weighted by Gasteiger charge is 2.26. The zero-order valence-corrected chi connectivity index (χ0v) is 13.2. The number of nitrogens with zero attached hydrogens (tertiary/aromatic N) is 4. The van der Waals surface area contributed by atoms with Crippen molar-refractivity contribution in [1.82, 2.24) is 19.6 Å². The molecule has 3 rings (SSSR count). The third kappa shape index (κ3) is 2.59. The number of hydrogen-bond donors (Lipinski definition) is 1. The summed E-state index contributed by atoms with van der Waals surface area (Å²) in [5.41, 5.74) is 0.927. The van der Waals surface area contributed by atoms with Crippen LogP contribution in [0, 0.1) is 6.92 Å². The van der Waals surface area contributed by atoms with Gasteiger partial charge in [-0.1, -0.05) is 18.5 Å². The lowest BCUT2D eigenvalue weighted by Gasteiger charge is -2.17. The first-order valence-electron chi connectivity index (χ1n) is 6.93. The summed E-state index contributed by atoms with van der Waals surface area (Å²) in [4.78, 5) is 8.34. The Bertz CT molecular complexity index is 614. The van der Waals surface area contributed by atoms with Crippen molar-refractivity contribution in [2.75, 3.05) is 11.1 Å². The summed E-state index contributed by atoms with van der Waals surface area (Å²) >= 11 is 8.23. The van der Waals surface area contributed by atoms with Gasteiger partial charge in [-0.2, -0.15) is 31.3 Å². The fourth-order valence-corrected chi connectivity index (χ4v) is 4.03. The quantitative estimate of drug-likeness (QED) is 0.879. The van der Waals surface area contributed by atoms with Crippen LogP contribution in [0.15, 0.2) is 6.33 Å². The van der Waals surface area contributed by atoms with E-state index < -0.39 is 0 Å². The van der Waals surface area contributed by atoms with E-state index in [2.05, 4.69) is 39.1 Å². The molecule has 0 aromatic carbocycles. The molecule has 2 heterocycles. The topological polar surface area (TPSA) is 55.1 Å². The molecule has 7 heteroatoms. The molecule has 2 aromatic rings. The predicted molar refractivity (Wildman–Crippen MR) is 83.7 cm³/mol. The van der Waals surface area contributed by atoms with E-state index in [-0.39, 0.29) is 0 Å². The van der Waals surface area contributed by atoms with E-state index in [0.717, 1.165) is 16.6 Å². The minimum absolute atomic E-state index is 0.476. The average molecular weight is 312 g/mol. The summed E-state index contributed by atoms with van der Waals surface area (Å²) in [5.74, 6) is 2.65. The van der Waals surface area contributed by atoms with Crippen molar-refractivity contribution in [2.45, 2.75) is 44.4 Å². The number of halogens is 1. The van der Waals surface area contributed by atoms with Crippen molar-refractivity contribution in [3.8, 4) is 0 Å². The van der Waals surface area contributed by atoms with E-state index in [9.17, 15) is 0 Å². The van der Waals surface area contributed by atoms with Crippen LogP contribution in [0.1, 0.15) is 31.7 Å². The average Bonchev–Trinajstić information content (AvgIpc) is 3.04. The minimum Gasteiger partial charge on any atom is -0.367 e. The van der Waals surface area contributed by atoms with E-state index in [1.807, 2.05) is 6.92 Å². The molecule has 2 unspecified atom stereocenters. The first kappa shape index (κ1) is 13.9. The molecular formula is C13H18ClN5S. The van der Waals surface area contributed by atoms with E-state index in [0.29, 0.717) is 17.0 Å². The van der Waals surface area contributed by atoms with Crippen molar-refractivity contribution in [3.05, 3.63) is 17.0 Å². The molecule has 0 bridgehead atoms. The third-order valence-electron chi connectivity index (χ3n) is 3.73. The minimum atomic E-state index is 0.476. The summed E-state index contributed by atoms with van der Waals surface area (Å²) in [6.45, 7) is 4.18. The van der Waals surface area contributed by atoms with Gasteiger partial charge in [-0.05, 0) is 31.9 Å². The Labute approximate surface area is 127 Å². The summed E-state index contributed by atoms with van der Waals surface area (Å²) in [5, 5.41) is 9.08. The summed E-state index contributed by atoms with van der Waals surface area (Å²) < 4.78 is 1.74. The number of nitrogens with one attached hydrogen (secondary N) is 1. The highest BCUT2D eigenvalue weighted by Crippen LogP contribution is 2.32. The van der Waals surface area contributed by atoms with Crippen LogP contribution in [-0.4, -0.2) is 36.6 Å². The van der Waals surface area contributed by atoms with Crippen molar-refractivity contribution in [2.24, 2.45) is 0 Å². The maximum atomic E-state index is 6.18. The van der Waals surface area contributed by atoms with Gasteiger partial charge in [0.05, 0.1) is 0 Å². The SMILES string of the molecule is CCSC1CCC(Nc2c(C)c(Cl)nc3ncnn23)C1. The van der Waals surface area contributed by atoms with Crippen molar-refractivity contribution in [3.63, 3.8) is 0 Å². The molecular weight excluding hydrogens is 294 g/mol. The normalized spacial score (nSPS) is 22.6. The van der Waals surface area contributed by atoms with Crippen LogP contribution < -0.4 is 5.32 Å². The summed E-state index contributed by atoms with van der Waals surface area (Å²) in [7, 11) is 0. The number of fused-ring (bicyclic) bond motifs is 1. The molecule has 5 nitrogen and oxygen atoms in total. The molecule has 2 aromatic heterocycles. The fourth-order valence-electron chi connectivity index (χ4n) is 2.72. The number of hydrogen-bond acceptors (Lipinski definition) is 5. The maximum absolute atomic E-state index is 6.18. The Morgan fingerprint density at radius 1 is 1.50 bits per heavy atom. The van der Waals surface area contributed by atoms with E-state index >= 15 is 0 Å². The van der Waals surface area contributed by atoms with Gasteiger partial charge < -0.3 is 5.32 Å². The number of thioether (sulfide) groups is 1. The van der Waals surface area contributed by atoms with Crippen LogP contribution in [-0.2, 0) is 0 Å². The molecule has 1 saturated carbocycles. The Morgan fingerprint density at radius 3 is 3.15 bits per heavy atom. The van der Waals surface area contributed by atoms with Gasteiger partial charge >= 0.3 is 0 Å². The molecule has 2 atom stereocenters. The van der Waals surface area contributed by atoms with E-state index in [4.69, 9.17) is 11.6 Å². The van der Waals surface area contributed by atoms with Crippen molar-refractivity contribution in [1.29, 1.82) is 0 Å². The lowest BCUT2D eigenvalue weighted by Crippen LogP contribution is -2.20. The largest absolute Gasteiger partial charge is 0.367 e. The molecule has 108 valence electrons. The monoisotopic (exact) mass is 311 g/mol. The first-order valence-corrected chi connectivity index (χ1v) is 8.35. The van der Waals surface area contributed by atoms with Gasteiger partial charge in [-0.25, -0.2) is 0 Å². The molecule has 0 amide bonds. The smallest absolute Gasteiger partial charge is 0.255 e. The number of anilines is 1. The standard InChI is InChI=1S/C13H18ClN5S/c1-3-20-10-5-4-9(6-10)17-12-8(2)11(14)18-13-15-7-16-19(12)13/h7,9-10,17H,3-6H2,1-2H3. The Balaban J connectivity index is 1.84. The van der Waals surface area contributed by atoms with Crippen LogP contribution in [0.3, 0.4) is 0 Å². The summed E-state index contributed by atoms with van der Waals surface area (Å²) in [6, 6.07) is 0.476. The Kier molecular flexibility index (Phi) is 4.03. The van der Waals surface area contributed by atoms with E-state index in [1.165, 1.54) is 31.3 Å². The second kappa shape index (κ2) is 5.77. The first-order chi connectivity index (χ1) is 9.69. The Morgan fingerprint density at radius 2 is 2.35 bits per heavy atom.